The number of amides is 2. The van der Waals surface area contributed by atoms with Crippen molar-refractivity contribution in [3.05, 3.63) is 44.6 Å². The molecule has 0 saturated carbocycles. The highest BCUT2D eigenvalue weighted by Crippen LogP contribution is 2.21. The monoisotopic (exact) mass is 468 g/mol. The van der Waals surface area contributed by atoms with E-state index in [1.165, 1.54) is 23.5 Å². The van der Waals surface area contributed by atoms with Crippen LogP contribution in [0.15, 0.2) is 28.2 Å². The van der Waals surface area contributed by atoms with Gasteiger partial charge in [-0.3, -0.25) is 14.5 Å². The van der Waals surface area contributed by atoms with Crippen LogP contribution in [0.25, 0.3) is 0 Å². The van der Waals surface area contributed by atoms with Gasteiger partial charge in [-0.25, -0.2) is 9.37 Å². The first kappa shape index (κ1) is 20.9. The Balaban J connectivity index is 1.50. The number of likely N-dealkylation sites (tertiary alicyclic amines) is 1. The Hall–Kier alpha value is -1.84. The Kier molecular flexibility index (Phi) is 6.79. The van der Waals surface area contributed by atoms with E-state index in [9.17, 15) is 14.0 Å². The molecule has 2 N–H and O–H groups in total. The van der Waals surface area contributed by atoms with Crippen LogP contribution in [0.5, 0.6) is 0 Å². The van der Waals surface area contributed by atoms with Crippen LogP contribution in [0.4, 0.5) is 10.1 Å². The summed E-state index contributed by atoms with van der Waals surface area (Å²) in [6.45, 7) is 5.00. The van der Waals surface area contributed by atoms with Gasteiger partial charge in [0.05, 0.1) is 22.9 Å². The largest absolute Gasteiger partial charge is 0.348 e. The SMILES string of the molecule is Cc1ncsc1C(=O)NC1CCN(C(C)C(=O)Nc2ccc(Br)cc2F)CC1. The number of thiazole rings is 1. The molecular formula is C19H22BrFN4O2S. The summed E-state index contributed by atoms with van der Waals surface area (Å²) < 4.78 is 14.6. The lowest BCUT2D eigenvalue weighted by Gasteiger charge is -2.35. The molecule has 3 rings (SSSR count). The average Bonchev–Trinajstić information content (AvgIpc) is 3.10. The van der Waals surface area contributed by atoms with Gasteiger partial charge in [-0.15, -0.1) is 11.3 Å². The summed E-state index contributed by atoms with van der Waals surface area (Å²) in [4.78, 5) is 31.6. The lowest BCUT2D eigenvalue weighted by Crippen LogP contribution is -2.50. The van der Waals surface area contributed by atoms with E-state index < -0.39 is 5.82 Å². The second kappa shape index (κ2) is 9.11. The van der Waals surface area contributed by atoms with Crippen molar-refractivity contribution in [3.8, 4) is 0 Å². The average molecular weight is 469 g/mol. The van der Waals surface area contributed by atoms with Crippen LogP contribution in [0.2, 0.25) is 0 Å². The topological polar surface area (TPSA) is 74.3 Å². The zero-order valence-corrected chi connectivity index (χ0v) is 18.1. The molecule has 1 aromatic heterocycles. The van der Waals surface area contributed by atoms with Crippen LogP contribution in [0.3, 0.4) is 0 Å². The number of hydrogen-bond acceptors (Lipinski definition) is 5. The van der Waals surface area contributed by atoms with Crippen molar-refractivity contribution in [1.82, 2.24) is 15.2 Å². The van der Waals surface area contributed by atoms with Crippen LogP contribution in [-0.2, 0) is 4.79 Å². The summed E-state index contributed by atoms with van der Waals surface area (Å²) in [6.07, 6.45) is 1.52. The Bertz CT molecular complexity index is 867. The van der Waals surface area contributed by atoms with E-state index in [4.69, 9.17) is 0 Å². The minimum atomic E-state index is -0.477. The van der Waals surface area contributed by atoms with Crippen molar-refractivity contribution in [1.29, 1.82) is 0 Å². The third kappa shape index (κ3) is 4.95. The fourth-order valence-corrected chi connectivity index (χ4v) is 4.23. The van der Waals surface area contributed by atoms with Gasteiger partial charge in [0.2, 0.25) is 5.91 Å². The maximum Gasteiger partial charge on any atom is 0.263 e. The molecule has 2 aromatic rings. The van der Waals surface area contributed by atoms with Crippen LogP contribution < -0.4 is 10.6 Å². The van der Waals surface area contributed by atoms with E-state index >= 15 is 0 Å². The van der Waals surface area contributed by atoms with Gasteiger partial charge in [0.15, 0.2) is 0 Å². The van der Waals surface area contributed by atoms with Crippen molar-refractivity contribution in [2.24, 2.45) is 0 Å². The fourth-order valence-electron chi connectivity index (χ4n) is 3.20. The highest BCUT2D eigenvalue weighted by molar-refractivity contribution is 9.10. The van der Waals surface area contributed by atoms with Gasteiger partial charge in [0, 0.05) is 23.6 Å². The Morgan fingerprint density at radius 1 is 1.36 bits per heavy atom. The van der Waals surface area contributed by atoms with Crippen LogP contribution in [0.1, 0.15) is 35.1 Å². The number of carbonyl (C=O) groups is 2. The number of piperidine rings is 1. The molecule has 1 atom stereocenters. The van der Waals surface area contributed by atoms with E-state index in [0.717, 1.165) is 18.5 Å². The van der Waals surface area contributed by atoms with Gasteiger partial charge in [0.1, 0.15) is 10.7 Å². The summed E-state index contributed by atoms with van der Waals surface area (Å²) in [5.41, 5.74) is 2.58. The zero-order chi connectivity index (χ0) is 20.3. The molecule has 1 unspecified atom stereocenters. The van der Waals surface area contributed by atoms with Crippen molar-refractivity contribution >= 4 is 44.8 Å². The number of hydrogen-bond donors (Lipinski definition) is 2. The number of carbonyl (C=O) groups excluding carboxylic acids is 2. The van der Waals surface area contributed by atoms with Crippen molar-refractivity contribution in [2.45, 2.75) is 38.8 Å². The number of anilines is 1. The first-order valence-electron chi connectivity index (χ1n) is 9.06. The molecule has 0 spiro atoms. The minimum absolute atomic E-state index is 0.0735. The molecule has 2 heterocycles. The van der Waals surface area contributed by atoms with E-state index in [1.54, 1.807) is 11.6 Å². The lowest BCUT2D eigenvalue weighted by molar-refractivity contribution is -0.121. The van der Waals surface area contributed by atoms with Crippen molar-refractivity contribution < 1.29 is 14.0 Å². The first-order chi connectivity index (χ1) is 13.3. The van der Waals surface area contributed by atoms with Gasteiger partial charge in [-0.05, 0) is 44.9 Å². The molecule has 6 nitrogen and oxygen atoms in total. The summed E-state index contributed by atoms with van der Waals surface area (Å²) >= 11 is 4.54. The summed E-state index contributed by atoms with van der Waals surface area (Å²) in [6, 6.07) is 4.22. The second-order valence-electron chi connectivity index (χ2n) is 6.84. The van der Waals surface area contributed by atoms with Crippen LogP contribution >= 0.6 is 27.3 Å². The molecule has 1 aromatic carbocycles. The molecule has 28 heavy (non-hydrogen) atoms. The summed E-state index contributed by atoms with van der Waals surface area (Å²) in [7, 11) is 0. The van der Waals surface area contributed by atoms with Gasteiger partial charge >= 0.3 is 0 Å². The molecule has 2 amide bonds. The van der Waals surface area contributed by atoms with Gasteiger partial charge in [0.25, 0.3) is 5.91 Å². The van der Waals surface area contributed by atoms with Gasteiger partial charge in [-0.2, -0.15) is 0 Å². The molecule has 0 bridgehead atoms. The molecule has 1 saturated heterocycles. The van der Waals surface area contributed by atoms with E-state index in [-0.39, 0.29) is 29.6 Å². The molecule has 150 valence electrons. The number of benzene rings is 1. The van der Waals surface area contributed by atoms with Gasteiger partial charge in [-0.1, -0.05) is 15.9 Å². The van der Waals surface area contributed by atoms with Crippen LogP contribution in [-0.4, -0.2) is 46.9 Å². The third-order valence-corrected chi connectivity index (χ3v) is 6.35. The predicted octanol–water partition coefficient (Wildman–Crippen LogP) is 3.57. The smallest absolute Gasteiger partial charge is 0.263 e. The Morgan fingerprint density at radius 3 is 2.68 bits per heavy atom. The second-order valence-corrected chi connectivity index (χ2v) is 8.61. The van der Waals surface area contributed by atoms with Crippen molar-refractivity contribution in [2.75, 3.05) is 18.4 Å². The number of nitrogens with one attached hydrogen (secondary N) is 2. The highest BCUT2D eigenvalue weighted by Gasteiger charge is 2.28. The molecule has 0 aliphatic carbocycles. The zero-order valence-electron chi connectivity index (χ0n) is 15.7. The molecular weight excluding hydrogens is 447 g/mol. The van der Waals surface area contributed by atoms with E-state index in [1.807, 2.05) is 18.7 Å². The number of aromatic nitrogens is 1. The standard InChI is InChI=1S/C19H22BrFN4O2S/c1-11-17(28-10-22-11)19(27)23-14-5-7-25(8-6-14)12(2)18(26)24-16-4-3-13(20)9-15(16)21/h3-4,9-10,12,14H,5-8H2,1-2H3,(H,23,27)(H,24,26). The number of nitrogens with zero attached hydrogens (tertiary/aromatic N) is 2. The molecule has 1 fully saturated rings. The fraction of sp³-hybridized carbons (Fsp3) is 0.421. The summed E-state index contributed by atoms with van der Waals surface area (Å²) in [5.74, 6) is -0.811. The molecule has 9 heteroatoms. The maximum atomic E-state index is 13.9. The molecule has 1 aliphatic heterocycles. The van der Waals surface area contributed by atoms with Crippen LogP contribution in [0, 0.1) is 12.7 Å². The highest BCUT2D eigenvalue weighted by atomic mass is 79.9. The summed E-state index contributed by atoms with van der Waals surface area (Å²) in [5, 5.41) is 5.70. The molecule has 0 radical (unpaired) electrons. The minimum Gasteiger partial charge on any atom is -0.348 e. The predicted molar refractivity (Wildman–Crippen MR) is 111 cm³/mol. The Morgan fingerprint density at radius 2 is 2.07 bits per heavy atom. The number of rotatable bonds is 5. The van der Waals surface area contributed by atoms with E-state index in [2.05, 4.69) is 31.5 Å². The van der Waals surface area contributed by atoms with Crippen molar-refractivity contribution in [3.63, 3.8) is 0 Å². The number of aryl methyl sites for hydroxylation is 1. The Labute approximate surface area is 175 Å². The first-order valence-corrected chi connectivity index (χ1v) is 10.7. The third-order valence-electron chi connectivity index (χ3n) is 4.93. The van der Waals surface area contributed by atoms with E-state index in [0.29, 0.717) is 22.4 Å². The normalized spacial score (nSPS) is 16.6. The lowest BCUT2D eigenvalue weighted by atomic mass is 10.0. The maximum absolute atomic E-state index is 13.9. The number of halogens is 2. The van der Waals surface area contributed by atoms with Gasteiger partial charge < -0.3 is 10.6 Å². The molecule has 1 aliphatic rings. The quantitative estimate of drug-likeness (QED) is 0.703.